The van der Waals surface area contributed by atoms with Gasteiger partial charge >= 0.3 is 6.18 Å². The fraction of sp³-hybridized carbons (Fsp3) is 0.211. The van der Waals surface area contributed by atoms with Gasteiger partial charge in [-0.2, -0.15) is 13.2 Å². The zero-order chi connectivity index (χ0) is 20.4. The summed E-state index contributed by atoms with van der Waals surface area (Å²) in [6.45, 7) is 1.66. The highest BCUT2D eigenvalue weighted by molar-refractivity contribution is 7.91. The summed E-state index contributed by atoms with van der Waals surface area (Å²) < 4.78 is 65.2. The highest BCUT2D eigenvalue weighted by atomic mass is 32.2. The van der Waals surface area contributed by atoms with Gasteiger partial charge in [0.25, 0.3) is 0 Å². The number of pyridine rings is 1. The van der Waals surface area contributed by atoms with Crippen LogP contribution in [0.5, 0.6) is 0 Å². The predicted molar refractivity (Wildman–Crippen MR) is 97.2 cm³/mol. The molecule has 0 amide bonds. The number of alkyl halides is 3. The minimum atomic E-state index is -4.80. The Balaban J connectivity index is 2.02. The highest BCUT2D eigenvalue weighted by Crippen LogP contribution is 2.31. The summed E-state index contributed by atoms with van der Waals surface area (Å²) in [5.41, 5.74) is 0.275. The summed E-state index contributed by atoms with van der Waals surface area (Å²) in [5.74, 6) is -0.668. The molecule has 146 valence electrons. The Morgan fingerprint density at radius 3 is 2.36 bits per heavy atom. The number of aromatic nitrogens is 3. The average molecular weight is 407 g/mol. The van der Waals surface area contributed by atoms with Gasteiger partial charge < -0.3 is 0 Å². The first kappa shape index (κ1) is 19.9. The van der Waals surface area contributed by atoms with Crippen molar-refractivity contribution in [3.8, 4) is 11.4 Å². The van der Waals surface area contributed by atoms with Gasteiger partial charge in [-0.15, -0.1) is 0 Å². The van der Waals surface area contributed by atoms with E-state index in [4.69, 9.17) is 0 Å². The molecule has 0 unspecified atom stereocenters. The first-order valence-corrected chi connectivity index (χ1v) is 9.96. The van der Waals surface area contributed by atoms with Gasteiger partial charge in [-0.3, -0.25) is 4.98 Å². The first-order chi connectivity index (χ1) is 13.1. The molecule has 28 heavy (non-hydrogen) atoms. The maximum atomic E-state index is 13.3. The molecule has 0 spiro atoms. The van der Waals surface area contributed by atoms with Gasteiger partial charge in [-0.25, -0.2) is 18.4 Å². The summed E-state index contributed by atoms with van der Waals surface area (Å²) in [7, 11) is -4.05. The van der Waals surface area contributed by atoms with Crippen LogP contribution in [0.3, 0.4) is 0 Å². The van der Waals surface area contributed by atoms with Crippen molar-refractivity contribution in [3.63, 3.8) is 0 Å². The van der Waals surface area contributed by atoms with Crippen LogP contribution in [0.2, 0.25) is 0 Å². The molecule has 2 heterocycles. The molecule has 5 nitrogen and oxygen atoms in total. The second kappa shape index (κ2) is 7.67. The zero-order valence-electron chi connectivity index (χ0n) is 14.8. The maximum Gasteiger partial charge on any atom is 0.433 e. The minimum absolute atomic E-state index is 0.165. The Bertz CT molecular complexity index is 1090. The van der Waals surface area contributed by atoms with Gasteiger partial charge in [0, 0.05) is 23.5 Å². The maximum absolute atomic E-state index is 13.3. The number of rotatable bonds is 5. The number of halogens is 3. The van der Waals surface area contributed by atoms with Crippen LogP contribution in [-0.4, -0.2) is 29.1 Å². The van der Waals surface area contributed by atoms with Gasteiger partial charge in [0.05, 0.1) is 5.75 Å². The number of hydrogen-bond donors (Lipinski definition) is 0. The van der Waals surface area contributed by atoms with Crippen molar-refractivity contribution in [2.45, 2.75) is 24.5 Å². The molecule has 9 heteroatoms. The predicted octanol–water partition coefficient (Wildman–Crippen LogP) is 3.88. The third kappa shape index (κ3) is 4.72. The van der Waals surface area contributed by atoms with Gasteiger partial charge in [-0.1, -0.05) is 30.3 Å². The fourth-order valence-corrected chi connectivity index (χ4v) is 3.78. The van der Waals surface area contributed by atoms with Crippen LogP contribution in [-0.2, 0) is 22.4 Å². The second-order valence-electron chi connectivity index (χ2n) is 6.15. The van der Waals surface area contributed by atoms with E-state index in [9.17, 15) is 21.6 Å². The Morgan fingerprint density at radius 2 is 1.71 bits per heavy atom. The summed E-state index contributed by atoms with van der Waals surface area (Å²) >= 11 is 0. The van der Waals surface area contributed by atoms with Gasteiger partial charge in [-0.05, 0) is 31.0 Å². The monoisotopic (exact) mass is 407 g/mol. The van der Waals surface area contributed by atoms with Crippen LogP contribution in [0.1, 0.15) is 17.0 Å². The van der Waals surface area contributed by atoms with Crippen LogP contribution >= 0.6 is 0 Å². The van der Waals surface area contributed by atoms with Crippen LogP contribution < -0.4 is 0 Å². The molecule has 0 aliphatic heterocycles. The Kier molecular flexibility index (Phi) is 5.46. The Hall–Kier alpha value is -2.81. The molecule has 2 aromatic heterocycles. The number of benzene rings is 1. The fourth-order valence-electron chi connectivity index (χ4n) is 2.54. The van der Waals surface area contributed by atoms with E-state index in [1.807, 2.05) is 0 Å². The molecular formula is C19H16F3N3O2S. The van der Waals surface area contributed by atoms with Gasteiger partial charge in [0.2, 0.25) is 0 Å². The lowest BCUT2D eigenvalue weighted by Gasteiger charge is -2.11. The Labute approximate surface area is 160 Å². The Morgan fingerprint density at radius 1 is 1.00 bits per heavy atom. The highest BCUT2D eigenvalue weighted by Gasteiger charge is 2.35. The normalized spacial score (nSPS) is 12.1. The number of sulfone groups is 1. The van der Waals surface area contributed by atoms with E-state index in [0.29, 0.717) is 11.8 Å². The molecule has 3 aromatic rings. The molecule has 0 atom stereocenters. The van der Waals surface area contributed by atoms with E-state index < -0.39 is 26.7 Å². The third-order valence-electron chi connectivity index (χ3n) is 3.97. The minimum Gasteiger partial charge on any atom is -0.262 e. The van der Waals surface area contributed by atoms with E-state index >= 15 is 0 Å². The van der Waals surface area contributed by atoms with E-state index in [1.165, 1.54) is 18.3 Å². The smallest absolute Gasteiger partial charge is 0.262 e. The standard InChI is InChI=1S/C19H16F3N3O2S/c1-13-11-15(7-9-23-13)18-24-16(19(20,21)22)12-17(25-18)28(26,27)10-8-14-5-3-2-4-6-14/h2-7,9,11-12H,8,10H2,1H3. The van der Waals surface area contributed by atoms with E-state index in [-0.39, 0.29) is 23.6 Å². The van der Waals surface area contributed by atoms with Gasteiger partial charge in [0.15, 0.2) is 20.7 Å². The quantitative estimate of drug-likeness (QED) is 0.600. The molecule has 0 aliphatic rings. The van der Waals surface area contributed by atoms with Crippen molar-refractivity contribution in [3.05, 3.63) is 71.7 Å². The molecule has 0 saturated carbocycles. The van der Waals surface area contributed by atoms with Crippen molar-refractivity contribution in [2.24, 2.45) is 0 Å². The number of hydrogen-bond acceptors (Lipinski definition) is 5. The molecule has 0 fully saturated rings. The molecule has 0 aliphatic carbocycles. The lowest BCUT2D eigenvalue weighted by molar-refractivity contribution is -0.141. The number of aryl methyl sites for hydroxylation is 2. The van der Waals surface area contributed by atoms with Crippen molar-refractivity contribution in [1.82, 2.24) is 15.0 Å². The van der Waals surface area contributed by atoms with Crippen molar-refractivity contribution in [1.29, 1.82) is 0 Å². The van der Waals surface area contributed by atoms with Crippen LogP contribution in [0.4, 0.5) is 13.2 Å². The molecule has 0 saturated heterocycles. The SMILES string of the molecule is Cc1cc(-c2nc(C(F)(F)F)cc(S(=O)(=O)CCc3ccccc3)n2)ccn1. The molecule has 3 rings (SSSR count). The molecule has 0 N–H and O–H groups in total. The van der Waals surface area contributed by atoms with Crippen LogP contribution in [0.25, 0.3) is 11.4 Å². The summed E-state index contributed by atoms with van der Waals surface area (Å²) in [5, 5.41) is -0.643. The summed E-state index contributed by atoms with van der Waals surface area (Å²) in [6, 6.07) is 12.2. The molecular weight excluding hydrogens is 391 g/mol. The topological polar surface area (TPSA) is 72.8 Å². The lowest BCUT2D eigenvalue weighted by Crippen LogP contribution is -2.16. The second-order valence-corrected chi connectivity index (χ2v) is 8.21. The van der Waals surface area contributed by atoms with Gasteiger partial charge in [0.1, 0.15) is 5.69 Å². The van der Waals surface area contributed by atoms with Crippen LogP contribution in [0.15, 0.2) is 59.8 Å². The first-order valence-electron chi connectivity index (χ1n) is 8.31. The molecule has 1 aromatic carbocycles. The van der Waals surface area contributed by atoms with E-state index in [1.54, 1.807) is 37.3 Å². The van der Waals surface area contributed by atoms with E-state index in [0.717, 1.165) is 5.56 Å². The summed E-state index contributed by atoms with van der Waals surface area (Å²) in [4.78, 5) is 11.4. The van der Waals surface area contributed by atoms with E-state index in [2.05, 4.69) is 15.0 Å². The van der Waals surface area contributed by atoms with Crippen molar-refractivity contribution >= 4 is 9.84 Å². The van der Waals surface area contributed by atoms with Crippen molar-refractivity contribution in [2.75, 3.05) is 5.75 Å². The van der Waals surface area contributed by atoms with Crippen molar-refractivity contribution < 1.29 is 21.6 Å². The summed E-state index contributed by atoms with van der Waals surface area (Å²) in [6.07, 6.45) is -3.24. The van der Waals surface area contributed by atoms with Crippen LogP contribution in [0, 0.1) is 6.92 Å². The average Bonchev–Trinajstić information content (AvgIpc) is 2.66. The lowest BCUT2D eigenvalue weighted by atomic mass is 10.2. The third-order valence-corrected chi connectivity index (χ3v) is 5.56. The number of nitrogens with zero attached hydrogens (tertiary/aromatic N) is 3. The zero-order valence-corrected chi connectivity index (χ0v) is 15.6. The molecule has 0 radical (unpaired) electrons. The molecule has 0 bridgehead atoms. The largest absolute Gasteiger partial charge is 0.433 e.